The number of halogens is 1. The zero-order valence-corrected chi connectivity index (χ0v) is 11.9. The van der Waals surface area contributed by atoms with Crippen LogP contribution >= 0.6 is 12.4 Å². The Morgan fingerprint density at radius 2 is 2.11 bits per heavy atom. The molecule has 3 N–H and O–H groups in total. The van der Waals surface area contributed by atoms with Crippen molar-refractivity contribution < 1.29 is 9.53 Å². The van der Waals surface area contributed by atoms with Gasteiger partial charge in [0.1, 0.15) is 5.75 Å². The molecule has 1 fully saturated rings. The van der Waals surface area contributed by atoms with E-state index in [-0.39, 0.29) is 24.4 Å². The molecule has 5 heteroatoms. The van der Waals surface area contributed by atoms with Crippen LogP contribution in [0.3, 0.4) is 0 Å². The number of hydrogen-bond donors (Lipinski definition) is 2. The van der Waals surface area contributed by atoms with Crippen LogP contribution in [0.4, 0.5) is 0 Å². The lowest BCUT2D eigenvalue weighted by Crippen LogP contribution is -2.33. The van der Waals surface area contributed by atoms with Gasteiger partial charge in [-0.1, -0.05) is 12.1 Å². The number of benzene rings is 1. The molecule has 1 heterocycles. The third kappa shape index (κ3) is 4.49. The van der Waals surface area contributed by atoms with Crippen molar-refractivity contribution in [1.29, 1.82) is 0 Å². The van der Waals surface area contributed by atoms with Gasteiger partial charge in [0.15, 0.2) is 0 Å². The fourth-order valence-electron chi connectivity index (χ4n) is 2.43. The summed E-state index contributed by atoms with van der Waals surface area (Å²) in [7, 11) is 0. The number of nitrogens with two attached hydrogens (primary N) is 1. The van der Waals surface area contributed by atoms with E-state index in [2.05, 4.69) is 5.32 Å². The van der Waals surface area contributed by atoms with Crippen molar-refractivity contribution in [2.75, 3.05) is 13.1 Å². The number of nitrogens with one attached hydrogen (secondary N) is 1. The Morgan fingerprint density at radius 3 is 2.74 bits per heavy atom. The maximum atomic E-state index is 10.9. The summed E-state index contributed by atoms with van der Waals surface area (Å²) in [6.45, 7) is 3.46. The molecule has 0 unspecified atom stereocenters. The zero-order valence-electron chi connectivity index (χ0n) is 11.1. The fraction of sp³-hybridized carbons (Fsp3) is 0.500. The molecule has 1 aliphatic rings. The van der Waals surface area contributed by atoms with Crippen molar-refractivity contribution in [3.8, 4) is 5.75 Å². The van der Waals surface area contributed by atoms with E-state index in [9.17, 15) is 4.79 Å². The van der Waals surface area contributed by atoms with E-state index < -0.39 is 0 Å². The summed E-state index contributed by atoms with van der Waals surface area (Å²) < 4.78 is 5.09. The van der Waals surface area contributed by atoms with E-state index in [4.69, 9.17) is 10.5 Å². The van der Waals surface area contributed by atoms with Crippen LogP contribution < -0.4 is 15.8 Å². The van der Waals surface area contributed by atoms with Crippen LogP contribution in [0.5, 0.6) is 5.75 Å². The number of hydrogen-bond acceptors (Lipinski definition) is 4. The highest BCUT2D eigenvalue weighted by molar-refractivity contribution is 5.85. The molecule has 2 rings (SSSR count). The minimum Gasteiger partial charge on any atom is -0.427 e. The molecule has 106 valence electrons. The molecule has 0 saturated carbocycles. The number of esters is 1. The van der Waals surface area contributed by atoms with Crippen molar-refractivity contribution in [2.45, 2.75) is 25.8 Å². The molecule has 0 amide bonds. The van der Waals surface area contributed by atoms with Gasteiger partial charge < -0.3 is 15.8 Å². The number of ether oxygens (including phenoxy) is 1. The van der Waals surface area contributed by atoms with Gasteiger partial charge in [-0.2, -0.15) is 0 Å². The molecular weight excluding hydrogens is 264 g/mol. The average molecular weight is 285 g/mol. The number of carbonyl (C=O) groups excluding carboxylic acids is 1. The topological polar surface area (TPSA) is 64.3 Å². The van der Waals surface area contributed by atoms with E-state index in [1.165, 1.54) is 6.92 Å². The van der Waals surface area contributed by atoms with Gasteiger partial charge in [-0.25, -0.2) is 0 Å². The third-order valence-corrected chi connectivity index (χ3v) is 3.40. The molecule has 0 aromatic heterocycles. The van der Waals surface area contributed by atoms with Crippen LogP contribution in [0.15, 0.2) is 24.3 Å². The van der Waals surface area contributed by atoms with Crippen LogP contribution in [0.25, 0.3) is 0 Å². The van der Waals surface area contributed by atoms with Gasteiger partial charge in [0, 0.05) is 13.0 Å². The first-order chi connectivity index (χ1) is 8.66. The van der Waals surface area contributed by atoms with Crippen molar-refractivity contribution in [2.24, 2.45) is 11.7 Å². The van der Waals surface area contributed by atoms with E-state index in [0.717, 1.165) is 31.5 Å². The molecule has 0 bridgehead atoms. The first kappa shape index (κ1) is 16.0. The summed E-state index contributed by atoms with van der Waals surface area (Å²) in [4.78, 5) is 10.9. The Hall–Kier alpha value is -1.10. The largest absolute Gasteiger partial charge is 0.427 e. The summed E-state index contributed by atoms with van der Waals surface area (Å²) in [5.74, 6) is 0.769. The Labute approximate surface area is 120 Å². The Kier molecular flexibility index (Phi) is 6.28. The smallest absolute Gasteiger partial charge is 0.308 e. The van der Waals surface area contributed by atoms with Crippen LogP contribution in [-0.4, -0.2) is 19.1 Å². The van der Waals surface area contributed by atoms with E-state index in [0.29, 0.717) is 11.7 Å². The molecule has 0 radical (unpaired) electrons. The number of carbonyl (C=O) groups is 1. The van der Waals surface area contributed by atoms with Crippen molar-refractivity contribution in [1.82, 2.24) is 5.32 Å². The van der Waals surface area contributed by atoms with E-state index in [1.807, 2.05) is 18.2 Å². The van der Waals surface area contributed by atoms with Crippen molar-refractivity contribution in [3.05, 3.63) is 29.8 Å². The monoisotopic (exact) mass is 284 g/mol. The summed E-state index contributed by atoms with van der Waals surface area (Å²) in [5.41, 5.74) is 7.34. The molecule has 1 saturated heterocycles. The maximum absolute atomic E-state index is 10.9. The molecule has 1 aliphatic heterocycles. The Morgan fingerprint density at radius 1 is 1.42 bits per heavy atom. The van der Waals surface area contributed by atoms with Gasteiger partial charge in [0.25, 0.3) is 0 Å². The van der Waals surface area contributed by atoms with Gasteiger partial charge in [-0.15, -0.1) is 12.4 Å². The highest BCUT2D eigenvalue weighted by Crippen LogP contribution is 2.28. The highest BCUT2D eigenvalue weighted by atomic mass is 35.5. The predicted molar refractivity (Wildman–Crippen MR) is 77.5 cm³/mol. The predicted octanol–water partition coefficient (Wildman–Crippen LogP) is 2.03. The second kappa shape index (κ2) is 7.48. The lowest BCUT2D eigenvalue weighted by atomic mass is 9.86. The molecule has 4 nitrogen and oxygen atoms in total. The molecule has 0 aliphatic carbocycles. The zero-order chi connectivity index (χ0) is 13.0. The van der Waals surface area contributed by atoms with Crippen molar-refractivity contribution >= 4 is 18.4 Å². The van der Waals surface area contributed by atoms with Gasteiger partial charge >= 0.3 is 5.97 Å². The highest BCUT2D eigenvalue weighted by Gasteiger charge is 2.21. The van der Waals surface area contributed by atoms with Crippen LogP contribution in [0, 0.1) is 5.92 Å². The van der Waals surface area contributed by atoms with Crippen LogP contribution in [0.1, 0.15) is 31.4 Å². The van der Waals surface area contributed by atoms with Crippen molar-refractivity contribution in [3.63, 3.8) is 0 Å². The van der Waals surface area contributed by atoms with Gasteiger partial charge in [-0.05, 0) is 49.5 Å². The molecule has 0 spiro atoms. The quantitative estimate of drug-likeness (QED) is 0.658. The normalized spacial score (nSPS) is 17.4. The molecule has 19 heavy (non-hydrogen) atoms. The molecule has 1 atom stereocenters. The Balaban J connectivity index is 0.00000180. The Bertz CT molecular complexity index is 420. The summed E-state index contributed by atoms with van der Waals surface area (Å²) >= 11 is 0. The molecule has 1 aromatic rings. The first-order valence-corrected chi connectivity index (χ1v) is 6.41. The fourth-order valence-corrected chi connectivity index (χ4v) is 2.43. The first-order valence-electron chi connectivity index (χ1n) is 6.41. The molecule has 1 aromatic carbocycles. The van der Waals surface area contributed by atoms with Crippen LogP contribution in [0.2, 0.25) is 0 Å². The number of rotatable bonds is 3. The lowest BCUT2D eigenvalue weighted by molar-refractivity contribution is -0.131. The summed E-state index contributed by atoms with van der Waals surface area (Å²) in [6.07, 6.45) is 2.19. The molecular formula is C14H21ClN2O2. The van der Waals surface area contributed by atoms with Crippen LogP contribution in [-0.2, 0) is 4.79 Å². The van der Waals surface area contributed by atoms with Gasteiger partial charge in [-0.3, -0.25) is 4.79 Å². The summed E-state index contributed by atoms with van der Waals surface area (Å²) in [5, 5.41) is 3.33. The minimum atomic E-state index is -0.303. The minimum absolute atomic E-state index is 0. The third-order valence-electron chi connectivity index (χ3n) is 3.40. The number of piperidine rings is 1. The van der Waals surface area contributed by atoms with E-state index in [1.54, 1.807) is 6.07 Å². The maximum Gasteiger partial charge on any atom is 0.308 e. The lowest BCUT2D eigenvalue weighted by Gasteiger charge is -2.28. The SMILES string of the molecule is CC(=O)Oc1cccc([C@H](N)C2CCNCC2)c1.Cl. The second-order valence-electron chi connectivity index (χ2n) is 4.78. The van der Waals surface area contributed by atoms with Gasteiger partial charge in [0.05, 0.1) is 0 Å². The summed E-state index contributed by atoms with van der Waals surface area (Å²) in [6, 6.07) is 7.55. The van der Waals surface area contributed by atoms with E-state index >= 15 is 0 Å². The standard InChI is InChI=1S/C14H20N2O2.ClH/c1-10(17)18-13-4-2-3-12(9-13)14(15)11-5-7-16-8-6-11;/h2-4,9,11,14,16H,5-8,15H2,1H3;1H/t14-;/m1./s1. The van der Waals surface area contributed by atoms with Gasteiger partial charge in [0.2, 0.25) is 0 Å². The average Bonchev–Trinajstić information content (AvgIpc) is 2.38. The second-order valence-corrected chi connectivity index (χ2v) is 4.78.